The predicted octanol–water partition coefficient (Wildman–Crippen LogP) is 5.28. The molecule has 0 N–H and O–H groups in total. The van der Waals surface area contributed by atoms with Crippen LogP contribution in [0.3, 0.4) is 0 Å². The van der Waals surface area contributed by atoms with Crippen LogP contribution in [0.1, 0.15) is 76.0 Å². The Labute approximate surface area is 153 Å². The quantitative estimate of drug-likeness (QED) is 0.705. The molecule has 0 spiro atoms. The molecule has 132 valence electrons. The summed E-state index contributed by atoms with van der Waals surface area (Å²) in [6, 6.07) is 13.1. The van der Waals surface area contributed by atoms with Gasteiger partial charge in [0.2, 0.25) is 0 Å². The lowest BCUT2D eigenvalue weighted by atomic mass is 9.63. The molecule has 0 saturated carbocycles. The topological polar surface area (TPSA) is 12.5 Å². The van der Waals surface area contributed by atoms with Crippen molar-refractivity contribution in [2.24, 2.45) is 0 Å². The summed E-state index contributed by atoms with van der Waals surface area (Å²) < 4.78 is 6.41. The lowest BCUT2D eigenvalue weighted by molar-refractivity contribution is 0.600. The van der Waals surface area contributed by atoms with Gasteiger partial charge in [-0.1, -0.05) is 65.8 Å². The molecule has 0 bridgehead atoms. The van der Waals surface area contributed by atoms with Gasteiger partial charge in [0.15, 0.2) is 0 Å². The smallest absolute Gasteiger partial charge is 0.519 e. The van der Waals surface area contributed by atoms with Gasteiger partial charge in [-0.25, -0.2) is 0 Å². The molecule has 0 aliphatic carbocycles. The van der Waals surface area contributed by atoms with E-state index in [1.807, 2.05) is 6.07 Å². The largest absolute Gasteiger partial charge is 0.536 e. The van der Waals surface area contributed by atoms with Crippen LogP contribution < -0.4 is 14.9 Å². The standard InChI is InChI=1S/C22H30BNO/c1-14(2)17-12-18(15(3)4)22(19(13-17)16(5)6)23-24(7)20-10-8-9-11-21(20)25-23/h8-16H,1-7H3. The lowest BCUT2D eigenvalue weighted by Crippen LogP contribution is -2.51. The number of hydrogen-bond acceptors (Lipinski definition) is 2. The highest BCUT2D eigenvalue weighted by Crippen LogP contribution is 2.36. The molecule has 0 aromatic heterocycles. The molecular formula is C22H30BNO. The fourth-order valence-electron chi connectivity index (χ4n) is 3.72. The zero-order valence-electron chi connectivity index (χ0n) is 16.6. The molecule has 1 heterocycles. The van der Waals surface area contributed by atoms with E-state index in [0.717, 1.165) is 5.75 Å². The van der Waals surface area contributed by atoms with Crippen LogP contribution in [-0.2, 0) is 0 Å². The number of fused-ring (bicyclic) bond motifs is 1. The molecule has 3 heteroatoms. The van der Waals surface area contributed by atoms with Crippen LogP contribution in [0, 0.1) is 0 Å². The number of rotatable bonds is 4. The van der Waals surface area contributed by atoms with Crippen LogP contribution >= 0.6 is 0 Å². The summed E-state index contributed by atoms with van der Waals surface area (Å²) in [5.41, 5.74) is 6.78. The Bertz CT molecular complexity index is 737. The minimum atomic E-state index is -0.0478. The van der Waals surface area contributed by atoms with Gasteiger partial charge in [-0.3, -0.25) is 0 Å². The Balaban J connectivity index is 2.18. The predicted molar refractivity (Wildman–Crippen MR) is 110 cm³/mol. The number of anilines is 1. The third-order valence-corrected chi connectivity index (χ3v) is 5.26. The van der Waals surface area contributed by atoms with Gasteiger partial charge in [0.25, 0.3) is 0 Å². The van der Waals surface area contributed by atoms with E-state index in [9.17, 15) is 0 Å². The molecule has 3 rings (SSSR count). The first-order valence-corrected chi connectivity index (χ1v) is 9.47. The van der Waals surface area contributed by atoms with Crippen molar-refractivity contribution < 1.29 is 4.65 Å². The number of nitrogens with zero attached hydrogens (tertiary/aromatic N) is 1. The van der Waals surface area contributed by atoms with Crippen LogP contribution in [0.4, 0.5) is 5.69 Å². The monoisotopic (exact) mass is 335 g/mol. The number of hydrogen-bond donors (Lipinski definition) is 0. The Kier molecular flexibility index (Phi) is 4.86. The Hall–Kier alpha value is -1.90. The Morgan fingerprint density at radius 2 is 1.40 bits per heavy atom. The van der Waals surface area contributed by atoms with Crippen LogP contribution in [0.5, 0.6) is 5.75 Å². The van der Waals surface area contributed by atoms with Crippen molar-refractivity contribution >= 4 is 18.2 Å². The number of para-hydroxylation sites is 2. The molecule has 2 aromatic carbocycles. The molecule has 2 nitrogen and oxygen atoms in total. The minimum Gasteiger partial charge on any atom is -0.536 e. The van der Waals surface area contributed by atoms with Crippen molar-refractivity contribution in [3.05, 3.63) is 53.1 Å². The molecule has 1 aliphatic rings. The second-order valence-electron chi connectivity index (χ2n) is 8.13. The SMILES string of the molecule is CC(C)c1cc(C(C)C)c(B2Oc3ccccc3N2C)c(C(C)C)c1. The highest BCUT2D eigenvalue weighted by molar-refractivity contribution is 6.74. The van der Waals surface area contributed by atoms with Crippen LogP contribution in [0.25, 0.3) is 0 Å². The van der Waals surface area contributed by atoms with Crippen LogP contribution in [-0.4, -0.2) is 14.1 Å². The van der Waals surface area contributed by atoms with Gasteiger partial charge >= 0.3 is 7.05 Å². The molecule has 0 amide bonds. The highest BCUT2D eigenvalue weighted by atomic mass is 16.5. The molecule has 0 unspecified atom stereocenters. The van der Waals surface area contributed by atoms with Gasteiger partial charge in [0.1, 0.15) is 5.75 Å². The van der Waals surface area contributed by atoms with E-state index in [4.69, 9.17) is 4.65 Å². The molecule has 25 heavy (non-hydrogen) atoms. The van der Waals surface area contributed by atoms with E-state index in [1.165, 1.54) is 27.8 Å². The zero-order chi connectivity index (χ0) is 18.3. The maximum Gasteiger partial charge on any atom is 0.519 e. The maximum absolute atomic E-state index is 6.41. The highest BCUT2D eigenvalue weighted by Gasteiger charge is 2.39. The maximum atomic E-state index is 6.41. The lowest BCUT2D eigenvalue weighted by Gasteiger charge is -2.27. The molecule has 0 fully saturated rings. The van der Waals surface area contributed by atoms with Gasteiger partial charge in [-0.2, -0.15) is 0 Å². The van der Waals surface area contributed by atoms with E-state index in [0.29, 0.717) is 17.8 Å². The minimum absolute atomic E-state index is 0.0478. The van der Waals surface area contributed by atoms with Crippen molar-refractivity contribution in [1.82, 2.24) is 0 Å². The van der Waals surface area contributed by atoms with E-state index in [1.54, 1.807) is 0 Å². The summed E-state index contributed by atoms with van der Waals surface area (Å²) in [5, 5.41) is 0. The van der Waals surface area contributed by atoms with Crippen molar-refractivity contribution in [1.29, 1.82) is 0 Å². The third-order valence-electron chi connectivity index (χ3n) is 5.26. The molecular weight excluding hydrogens is 305 g/mol. The molecule has 1 aliphatic heterocycles. The van der Waals surface area contributed by atoms with Gasteiger partial charge < -0.3 is 9.47 Å². The Morgan fingerprint density at radius 1 is 0.840 bits per heavy atom. The van der Waals surface area contributed by atoms with Gasteiger partial charge in [0.05, 0.1) is 5.69 Å². The fraction of sp³-hybridized carbons (Fsp3) is 0.455. The average Bonchev–Trinajstić information content (AvgIpc) is 2.90. The van der Waals surface area contributed by atoms with Crippen LogP contribution in [0.15, 0.2) is 36.4 Å². The molecule has 0 saturated heterocycles. The van der Waals surface area contributed by atoms with Crippen molar-refractivity contribution in [2.75, 3.05) is 11.9 Å². The number of benzene rings is 2. The van der Waals surface area contributed by atoms with E-state index >= 15 is 0 Å². The van der Waals surface area contributed by atoms with E-state index in [2.05, 4.69) is 83.7 Å². The van der Waals surface area contributed by atoms with Crippen molar-refractivity contribution in [3.8, 4) is 5.75 Å². The molecule has 2 aromatic rings. The van der Waals surface area contributed by atoms with Crippen molar-refractivity contribution in [3.63, 3.8) is 0 Å². The first-order valence-electron chi connectivity index (χ1n) is 9.47. The summed E-state index contributed by atoms with van der Waals surface area (Å²) >= 11 is 0. The van der Waals surface area contributed by atoms with Gasteiger partial charge in [-0.05, 0) is 59.1 Å². The third kappa shape index (κ3) is 3.17. The van der Waals surface area contributed by atoms with Gasteiger partial charge in [0, 0.05) is 0 Å². The van der Waals surface area contributed by atoms with E-state index in [-0.39, 0.29) is 7.05 Å². The van der Waals surface area contributed by atoms with Crippen molar-refractivity contribution in [2.45, 2.75) is 59.3 Å². The molecule has 0 atom stereocenters. The van der Waals surface area contributed by atoms with E-state index < -0.39 is 0 Å². The first kappa shape index (κ1) is 17.9. The summed E-state index contributed by atoms with van der Waals surface area (Å²) in [6.45, 7) is 13.7. The van der Waals surface area contributed by atoms with Crippen LogP contribution in [0.2, 0.25) is 0 Å². The summed E-state index contributed by atoms with van der Waals surface area (Å²) in [6.07, 6.45) is 0. The summed E-state index contributed by atoms with van der Waals surface area (Å²) in [5.74, 6) is 2.44. The molecule has 0 radical (unpaired) electrons. The second-order valence-corrected chi connectivity index (χ2v) is 8.13. The summed E-state index contributed by atoms with van der Waals surface area (Å²) in [7, 11) is 2.09. The van der Waals surface area contributed by atoms with Gasteiger partial charge in [-0.15, -0.1) is 0 Å². The normalized spacial score (nSPS) is 13.8. The average molecular weight is 335 g/mol. The first-order chi connectivity index (χ1) is 11.8. The Morgan fingerprint density at radius 3 is 1.88 bits per heavy atom. The summed E-state index contributed by atoms with van der Waals surface area (Å²) in [4.78, 5) is 2.28. The zero-order valence-corrected chi connectivity index (χ0v) is 16.6. The second kappa shape index (κ2) is 6.78. The fourth-order valence-corrected chi connectivity index (χ4v) is 3.72.